The molecule has 0 saturated heterocycles. The molecule has 62 valence electrons. The number of hydrogen-bond acceptors (Lipinski definition) is 2. The van der Waals surface area contributed by atoms with E-state index in [-0.39, 0.29) is 12.1 Å². The van der Waals surface area contributed by atoms with E-state index in [2.05, 4.69) is 22.6 Å². The second-order valence-corrected chi connectivity index (χ2v) is 4.04. The second-order valence-electron chi connectivity index (χ2n) is 2.65. The van der Waals surface area contributed by atoms with E-state index < -0.39 is 0 Å². The summed E-state index contributed by atoms with van der Waals surface area (Å²) in [6.07, 6.45) is 5.32. The number of allylic oxidation sites excluding steroid dienone is 1. The lowest BCUT2D eigenvalue weighted by atomic mass is 10.1. The lowest BCUT2D eigenvalue weighted by Crippen LogP contribution is -2.16. The minimum atomic E-state index is -0.183. The van der Waals surface area contributed by atoms with Crippen molar-refractivity contribution < 1.29 is 9.53 Å². The van der Waals surface area contributed by atoms with Crippen LogP contribution >= 0.6 is 22.6 Å². The van der Waals surface area contributed by atoms with Gasteiger partial charge in [0.2, 0.25) is 0 Å². The van der Waals surface area contributed by atoms with E-state index in [9.17, 15) is 4.79 Å². The van der Waals surface area contributed by atoms with Crippen molar-refractivity contribution in [2.24, 2.45) is 0 Å². The Hall–Kier alpha value is -0.0600. The van der Waals surface area contributed by atoms with Crippen molar-refractivity contribution in [3.8, 4) is 0 Å². The zero-order chi connectivity index (χ0) is 8.27. The summed E-state index contributed by atoms with van der Waals surface area (Å²) in [5.41, 5.74) is 0. The largest absolute Gasteiger partial charge is 0.458 e. The fourth-order valence-corrected chi connectivity index (χ4v) is 1.93. The molecule has 1 aliphatic carbocycles. The van der Waals surface area contributed by atoms with Gasteiger partial charge in [0.1, 0.15) is 6.10 Å². The van der Waals surface area contributed by atoms with E-state index in [0.717, 1.165) is 19.3 Å². The van der Waals surface area contributed by atoms with Crippen molar-refractivity contribution >= 4 is 28.6 Å². The summed E-state index contributed by atoms with van der Waals surface area (Å²) in [6, 6.07) is 0. The quantitative estimate of drug-likeness (QED) is 0.538. The Balaban J connectivity index is 2.46. The summed E-state index contributed by atoms with van der Waals surface area (Å²) in [6.45, 7) is 1.45. The molecule has 0 spiro atoms. The van der Waals surface area contributed by atoms with Crippen LogP contribution in [0.5, 0.6) is 0 Å². The zero-order valence-corrected chi connectivity index (χ0v) is 8.63. The molecule has 0 amide bonds. The first-order chi connectivity index (χ1) is 5.18. The topological polar surface area (TPSA) is 26.3 Å². The van der Waals surface area contributed by atoms with Gasteiger partial charge in [-0.05, 0) is 51.5 Å². The number of carbonyl (C=O) groups is 1. The lowest BCUT2D eigenvalue weighted by molar-refractivity contribution is -0.144. The maximum absolute atomic E-state index is 10.6. The van der Waals surface area contributed by atoms with Crippen LogP contribution in [0.4, 0.5) is 0 Å². The fraction of sp³-hybridized carbons (Fsp3) is 0.625. The van der Waals surface area contributed by atoms with Gasteiger partial charge in [0.25, 0.3) is 0 Å². The summed E-state index contributed by atoms with van der Waals surface area (Å²) in [5, 5.41) is 0. The van der Waals surface area contributed by atoms with E-state index in [4.69, 9.17) is 4.74 Å². The first kappa shape index (κ1) is 9.03. The molecule has 1 aliphatic rings. The normalized spacial score (nSPS) is 24.2. The van der Waals surface area contributed by atoms with Gasteiger partial charge < -0.3 is 4.74 Å². The molecule has 0 saturated carbocycles. The average molecular weight is 266 g/mol. The fourth-order valence-electron chi connectivity index (χ4n) is 1.15. The molecule has 1 atom stereocenters. The Morgan fingerprint density at radius 1 is 1.82 bits per heavy atom. The number of hydrogen-bond donors (Lipinski definition) is 0. The minimum Gasteiger partial charge on any atom is -0.458 e. The number of ether oxygens (including phenoxy) is 1. The molecule has 0 aromatic rings. The first-order valence-electron chi connectivity index (χ1n) is 3.72. The van der Waals surface area contributed by atoms with Crippen LogP contribution < -0.4 is 0 Å². The van der Waals surface area contributed by atoms with Crippen LogP contribution in [0.3, 0.4) is 0 Å². The van der Waals surface area contributed by atoms with Gasteiger partial charge in [-0.15, -0.1) is 0 Å². The van der Waals surface area contributed by atoms with E-state index >= 15 is 0 Å². The highest BCUT2D eigenvalue weighted by atomic mass is 127. The maximum Gasteiger partial charge on any atom is 0.303 e. The highest BCUT2D eigenvalue weighted by Crippen LogP contribution is 2.24. The molecule has 0 unspecified atom stereocenters. The standard InChI is InChI=1S/C8H11IO2/c1-6(10)11-8-4-2-3-7(9)5-8/h5,8H,2-4H2,1H3/t8-/m0/s1. The van der Waals surface area contributed by atoms with Gasteiger partial charge in [0.05, 0.1) is 0 Å². The maximum atomic E-state index is 10.6. The van der Waals surface area contributed by atoms with Gasteiger partial charge in [-0.2, -0.15) is 0 Å². The zero-order valence-electron chi connectivity index (χ0n) is 6.47. The van der Waals surface area contributed by atoms with Gasteiger partial charge in [-0.25, -0.2) is 0 Å². The molecular weight excluding hydrogens is 255 g/mol. The van der Waals surface area contributed by atoms with Crippen LogP contribution in [0.2, 0.25) is 0 Å². The van der Waals surface area contributed by atoms with Gasteiger partial charge in [0, 0.05) is 6.92 Å². The highest BCUT2D eigenvalue weighted by molar-refractivity contribution is 14.1. The van der Waals surface area contributed by atoms with E-state index in [0.29, 0.717) is 0 Å². The molecule has 2 nitrogen and oxygen atoms in total. The average Bonchev–Trinajstić information content (AvgIpc) is 1.85. The molecule has 0 aliphatic heterocycles. The Labute approximate surface area is 80.1 Å². The predicted octanol–water partition coefficient (Wildman–Crippen LogP) is 2.42. The SMILES string of the molecule is CC(=O)O[C@@H]1C=C(I)CCC1. The van der Waals surface area contributed by atoms with Crippen LogP contribution in [0.25, 0.3) is 0 Å². The molecule has 0 bridgehead atoms. The van der Waals surface area contributed by atoms with Crippen molar-refractivity contribution in [1.29, 1.82) is 0 Å². The Bertz CT molecular complexity index is 187. The molecular formula is C8H11IO2. The Morgan fingerprint density at radius 2 is 2.55 bits per heavy atom. The van der Waals surface area contributed by atoms with Gasteiger partial charge >= 0.3 is 5.97 Å². The predicted molar refractivity (Wildman–Crippen MR) is 51.5 cm³/mol. The lowest BCUT2D eigenvalue weighted by Gasteiger charge is -2.17. The Morgan fingerprint density at radius 3 is 3.09 bits per heavy atom. The first-order valence-corrected chi connectivity index (χ1v) is 4.80. The highest BCUT2D eigenvalue weighted by Gasteiger charge is 2.13. The monoisotopic (exact) mass is 266 g/mol. The smallest absolute Gasteiger partial charge is 0.303 e. The summed E-state index contributed by atoms with van der Waals surface area (Å²) < 4.78 is 6.35. The third-order valence-corrected chi connectivity index (χ3v) is 2.49. The third kappa shape index (κ3) is 3.22. The number of esters is 1. The van der Waals surface area contributed by atoms with Gasteiger partial charge in [-0.3, -0.25) is 4.79 Å². The van der Waals surface area contributed by atoms with Crippen LogP contribution in [0.1, 0.15) is 26.2 Å². The van der Waals surface area contributed by atoms with E-state index in [1.807, 2.05) is 6.08 Å². The van der Waals surface area contributed by atoms with Gasteiger partial charge in [0.15, 0.2) is 0 Å². The molecule has 0 N–H and O–H groups in total. The van der Waals surface area contributed by atoms with Crippen LogP contribution in [0, 0.1) is 0 Å². The summed E-state index contributed by atoms with van der Waals surface area (Å²) in [5.74, 6) is -0.183. The van der Waals surface area contributed by atoms with E-state index in [1.165, 1.54) is 10.5 Å². The molecule has 0 aromatic heterocycles. The third-order valence-electron chi connectivity index (χ3n) is 1.59. The molecule has 3 heteroatoms. The number of rotatable bonds is 1. The molecule has 1 rings (SSSR count). The number of halogens is 1. The summed E-state index contributed by atoms with van der Waals surface area (Å²) in [7, 11) is 0. The van der Waals surface area contributed by atoms with Crippen LogP contribution in [0.15, 0.2) is 9.66 Å². The Kier molecular flexibility index (Phi) is 3.36. The van der Waals surface area contributed by atoms with Gasteiger partial charge in [-0.1, -0.05) is 0 Å². The van der Waals surface area contributed by atoms with Crippen molar-refractivity contribution in [3.63, 3.8) is 0 Å². The molecule has 11 heavy (non-hydrogen) atoms. The van der Waals surface area contributed by atoms with Crippen molar-refractivity contribution in [2.75, 3.05) is 0 Å². The van der Waals surface area contributed by atoms with Crippen molar-refractivity contribution in [3.05, 3.63) is 9.66 Å². The molecule has 0 radical (unpaired) electrons. The summed E-state index contributed by atoms with van der Waals surface area (Å²) in [4.78, 5) is 10.6. The van der Waals surface area contributed by atoms with Crippen molar-refractivity contribution in [2.45, 2.75) is 32.3 Å². The number of carbonyl (C=O) groups excluding carboxylic acids is 1. The molecule has 0 fully saturated rings. The van der Waals surface area contributed by atoms with E-state index in [1.54, 1.807) is 0 Å². The second kappa shape index (κ2) is 4.09. The minimum absolute atomic E-state index is 0.0353. The van der Waals surface area contributed by atoms with Crippen LogP contribution in [-0.4, -0.2) is 12.1 Å². The molecule has 0 aromatic carbocycles. The molecule has 0 heterocycles. The van der Waals surface area contributed by atoms with Crippen molar-refractivity contribution in [1.82, 2.24) is 0 Å². The summed E-state index contributed by atoms with van der Waals surface area (Å²) >= 11 is 2.29. The van der Waals surface area contributed by atoms with Crippen LogP contribution in [-0.2, 0) is 9.53 Å².